The van der Waals surface area contributed by atoms with Crippen LogP contribution in [0, 0.1) is 0 Å². The zero-order chi connectivity index (χ0) is 14.5. The van der Waals surface area contributed by atoms with E-state index in [1.807, 2.05) is 18.2 Å². The highest BCUT2D eigenvalue weighted by Gasteiger charge is 2.39. The summed E-state index contributed by atoms with van der Waals surface area (Å²) >= 11 is 0. The molecular formula is C15H21N3O2. The van der Waals surface area contributed by atoms with Gasteiger partial charge in [-0.25, -0.2) is 4.79 Å². The third kappa shape index (κ3) is 3.98. The fourth-order valence-corrected chi connectivity index (χ4v) is 2.15. The predicted octanol–water partition coefficient (Wildman–Crippen LogP) is 1.32. The van der Waals surface area contributed by atoms with E-state index < -0.39 is 0 Å². The summed E-state index contributed by atoms with van der Waals surface area (Å²) < 4.78 is 0. The summed E-state index contributed by atoms with van der Waals surface area (Å²) in [5, 5.41) is 5.64. The van der Waals surface area contributed by atoms with Gasteiger partial charge in [0.2, 0.25) is 5.91 Å². The number of nitrogens with zero attached hydrogens (tertiary/aromatic N) is 1. The first-order valence-corrected chi connectivity index (χ1v) is 6.87. The molecule has 1 fully saturated rings. The standard InChI is InChI=1S/C15H21N3O2/c1-18(2)14(19)8-9-16-15(20)17-13-10-12(13)11-6-4-3-5-7-11/h3-7,12-13H,8-10H2,1-2H3,(H2,16,17,20). The first-order chi connectivity index (χ1) is 9.58. The van der Waals surface area contributed by atoms with E-state index in [4.69, 9.17) is 0 Å². The molecule has 0 spiro atoms. The van der Waals surface area contributed by atoms with Crippen LogP contribution in [0.2, 0.25) is 0 Å². The predicted molar refractivity (Wildman–Crippen MR) is 77.4 cm³/mol. The first kappa shape index (κ1) is 14.4. The molecule has 2 rings (SSSR count). The van der Waals surface area contributed by atoms with Gasteiger partial charge in [-0.3, -0.25) is 4.79 Å². The van der Waals surface area contributed by atoms with Crippen molar-refractivity contribution >= 4 is 11.9 Å². The number of hydrogen-bond acceptors (Lipinski definition) is 2. The minimum absolute atomic E-state index is 0.0129. The fourth-order valence-electron chi connectivity index (χ4n) is 2.15. The van der Waals surface area contributed by atoms with Gasteiger partial charge in [-0.05, 0) is 12.0 Å². The largest absolute Gasteiger partial charge is 0.349 e. The van der Waals surface area contributed by atoms with Gasteiger partial charge in [0.05, 0.1) is 0 Å². The van der Waals surface area contributed by atoms with Crippen LogP contribution in [-0.4, -0.2) is 43.5 Å². The van der Waals surface area contributed by atoms with Gasteiger partial charge in [0, 0.05) is 39.0 Å². The van der Waals surface area contributed by atoms with Gasteiger partial charge in [0.15, 0.2) is 0 Å². The quantitative estimate of drug-likeness (QED) is 0.851. The Morgan fingerprint density at radius 2 is 1.95 bits per heavy atom. The molecule has 5 nitrogen and oxygen atoms in total. The summed E-state index contributed by atoms with van der Waals surface area (Å²) in [6.45, 7) is 0.367. The molecule has 0 aliphatic heterocycles. The van der Waals surface area contributed by atoms with Gasteiger partial charge < -0.3 is 15.5 Å². The van der Waals surface area contributed by atoms with Crippen LogP contribution < -0.4 is 10.6 Å². The second-order valence-corrected chi connectivity index (χ2v) is 5.30. The zero-order valence-electron chi connectivity index (χ0n) is 11.9. The molecule has 1 aliphatic rings. The molecule has 1 aromatic carbocycles. The van der Waals surface area contributed by atoms with Gasteiger partial charge in [-0.15, -0.1) is 0 Å². The lowest BCUT2D eigenvalue weighted by Gasteiger charge is -2.11. The molecule has 0 aromatic heterocycles. The normalized spacial score (nSPS) is 20.1. The third-order valence-corrected chi connectivity index (χ3v) is 3.46. The Morgan fingerprint density at radius 3 is 2.60 bits per heavy atom. The highest BCUT2D eigenvalue weighted by molar-refractivity contribution is 5.78. The SMILES string of the molecule is CN(C)C(=O)CCNC(=O)NC1CC1c1ccccc1. The number of hydrogen-bond donors (Lipinski definition) is 2. The number of carbonyl (C=O) groups excluding carboxylic acids is 2. The van der Waals surface area contributed by atoms with E-state index in [1.165, 1.54) is 10.5 Å². The lowest BCUT2D eigenvalue weighted by molar-refractivity contribution is -0.128. The van der Waals surface area contributed by atoms with Crippen LogP contribution in [0.15, 0.2) is 30.3 Å². The monoisotopic (exact) mass is 275 g/mol. The van der Waals surface area contributed by atoms with Crippen molar-refractivity contribution < 1.29 is 9.59 Å². The van der Waals surface area contributed by atoms with Gasteiger partial charge in [0.25, 0.3) is 0 Å². The molecule has 2 atom stereocenters. The minimum Gasteiger partial charge on any atom is -0.349 e. The number of benzene rings is 1. The van der Waals surface area contributed by atoms with E-state index in [0.29, 0.717) is 18.9 Å². The molecule has 0 bridgehead atoms. The molecule has 0 saturated heterocycles. The molecule has 0 radical (unpaired) electrons. The van der Waals surface area contributed by atoms with E-state index in [2.05, 4.69) is 22.8 Å². The molecule has 2 unspecified atom stereocenters. The van der Waals surface area contributed by atoms with Crippen LogP contribution in [-0.2, 0) is 4.79 Å². The van der Waals surface area contributed by atoms with Crippen LogP contribution in [0.5, 0.6) is 0 Å². The van der Waals surface area contributed by atoms with Crippen molar-refractivity contribution in [3.63, 3.8) is 0 Å². The molecule has 20 heavy (non-hydrogen) atoms. The van der Waals surface area contributed by atoms with Gasteiger partial charge in [0.1, 0.15) is 0 Å². The van der Waals surface area contributed by atoms with Gasteiger partial charge >= 0.3 is 6.03 Å². The number of rotatable bonds is 5. The van der Waals surface area contributed by atoms with Crippen LogP contribution in [0.4, 0.5) is 4.79 Å². The van der Waals surface area contributed by atoms with Crippen molar-refractivity contribution in [2.75, 3.05) is 20.6 Å². The lowest BCUT2D eigenvalue weighted by atomic mass is 10.1. The Bertz CT molecular complexity index is 473. The van der Waals surface area contributed by atoms with E-state index in [9.17, 15) is 9.59 Å². The lowest BCUT2D eigenvalue weighted by Crippen LogP contribution is -2.39. The molecule has 5 heteroatoms. The van der Waals surface area contributed by atoms with Crippen LogP contribution in [0.3, 0.4) is 0 Å². The van der Waals surface area contributed by atoms with Crippen molar-refractivity contribution in [3.05, 3.63) is 35.9 Å². The van der Waals surface area contributed by atoms with Gasteiger partial charge in [-0.1, -0.05) is 30.3 Å². The Morgan fingerprint density at radius 1 is 1.25 bits per heavy atom. The van der Waals surface area contributed by atoms with E-state index in [0.717, 1.165) is 6.42 Å². The van der Waals surface area contributed by atoms with E-state index in [1.54, 1.807) is 14.1 Å². The van der Waals surface area contributed by atoms with Gasteiger partial charge in [-0.2, -0.15) is 0 Å². The minimum atomic E-state index is -0.194. The summed E-state index contributed by atoms with van der Waals surface area (Å²) in [6.07, 6.45) is 1.31. The molecular weight excluding hydrogens is 254 g/mol. The van der Waals surface area contributed by atoms with E-state index in [-0.39, 0.29) is 18.0 Å². The Hall–Kier alpha value is -2.04. The average molecular weight is 275 g/mol. The second kappa shape index (κ2) is 6.41. The number of nitrogens with one attached hydrogen (secondary N) is 2. The van der Waals surface area contributed by atoms with Crippen LogP contribution in [0.1, 0.15) is 24.3 Å². The Balaban J connectivity index is 1.66. The fraction of sp³-hybridized carbons (Fsp3) is 0.467. The highest BCUT2D eigenvalue weighted by atomic mass is 16.2. The molecule has 3 amide bonds. The summed E-state index contributed by atoms with van der Waals surface area (Å²) in [5.41, 5.74) is 1.26. The Labute approximate surface area is 119 Å². The molecule has 1 aliphatic carbocycles. The maximum absolute atomic E-state index is 11.7. The van der Waals surface area contributed by atoms with Crippen LogP contribution in [0.25, 0.3) is 0 Å². The zero-order valence-corrected chi connectivity index (χ0v) is 11.9. The maximum Gasteiger partial charge on any atom is 0.315 e. The smallest absolute Gasteiger partial charge is 0.315 e. The number of amides is 3. The third-order valence-electron chi connectivity index (χ3n) is 3.46. The summed E-state index contributed by atoms with van der Waals surface area (Å²) in [6, 6.07) is 10.2. The molecule has 0 heterocycles. The second-order valence-electron chi connectivity index (χ2n) is 5.30. The molecule has 1 saturated carbocycles. The maximum atomic E-state index is 11.7. The summed E-state index contributed by atoms with van der Waals surface area (Å²) in [5.74, 6) is 0.434. The van der Waals surface area contributed by atoms with Crippen molar-refractivity contribution in [2.45, 2.75) is 24.8 Å². The van der Waals surface area contributed by atoms with Crippen LogP contribution >= 0.6 is 0 Å². The number of urea groups is 1. The highest BCUT2D eigenvalue weighted by Crippen LogP contribution is 2.40. The summed E-state index contributed by atoms with van der Waals surface area (Å²) in [7, 11) is 3.41. The van der Waals surface area contributed by atoms with E-state index >= 15 is 0 Å². The molecule has 1 aromatic rings. The van der Waals surface area contributed by atoms with Crippen molar-refractivity contribution in [1.82, 2.24) is 15.5 Å². The number of carbonyl (C=O) groups is 2. The van der Waals surface area contributed by atoms with Crippen molar-refractivity contribution in [1.29, 1.82) is 0 Å². The average Bonchev–Trinajstić information content (AvgIpc) is 3.18. The molecule has 2 N–H and O–H groups in total. The first-order valence-electron chi connectivity index (χ1n) is 6.87. The topological polar surface area (TPSA) is 61.4 Å². The van der Waals surface area contributed by atoms with Crippen molar-refractivity contribution in [2.24, 2.45) is 0 Å². The molecule has 108 valence electrons. The Kier molecular flexibility index (Phi) is 4.61. The summed E-state index contributed by atoms with van der Waals surface area (Å²) in [4.78, 5) is 24.5. The van der Waals surface area contributed by atoms with Crippen molar-refractivity contribution in [3.8, 4) is 0 Å².